The Labute approximate surface area is 138 Å². The molecule has 1 rings (SSSR count). The van der Waals surface area contributed by atoms with Crippen molar-refractivity contribution in [2.24, 2.45) is 0 Å². The maximum absolute atomic E-state index is 10.7. The van der Waals surface area contributed by atoms with Crippen molar-refractivity contribution in [2.75, 3.05) is 0 Å². The lowest BCUT2D eigenvalue weighted by molar-refractivity contribution is 0.0796. The second-order valence-corrected chi connectivity index (χ2v) is 13.1. The summed E-state index contributed by atoms with van der Waals surface area (Å²) in [6, 6.07) is 9.87. The second kappa shape index (κ2) is 7.61. The van der Waals surface area contributed by atoms with Gasteiger partial charge in [0.2, 0.25) is 0 Å². The van der Waals surface area contributed by atoms with Gasteiger partial charge >= 0.3 is 0 Å². The van der Waals surface area contributed by atoms with Crippen LogP contribution in [0.4, 0.5) is 0 Å². The van der Waals surface area contributed by atoms with E-state index in [4.69, 9.17) is 0 Å². The molecule has 0 saturated heterocycles. The number of aliphatic hydroxyl groups is 1. The summed E-state index contributed by atoms with van der Waals surface area (Å²) < 4.78 is 0. The average molecular weight is 319 g/mol. The lowest BCUT2D eigenvalue weighted by Crippen LogP contribution is -2.55. The van der Waals surface area contributed by atoms with Gasteiger partial charge in [0.05, 0.1) is 13.7 Å². The van der Waals surface area contributed by atoms with Crippen LogP contribution in [0.5, 0.6) is 0 Å². The van der Waals surface area contributed by atoms with Gasteiger partial charge in [-0.1, -0.05) is 75.7 Å². The second-order valence-electron chi connectivity index (χ2n) is 7.64. The maximum Gasteiger partial charge on any atom is 0.0922 e. The quantitative estimate of drug-likeness (QED) is 0.389. The molecule has 22 heavy (non-hydrogen) atoms. The fourth-order valence-corrected chi connectivity index (χ4v) is 10.0. The minimum Gasteiger partial charge on any atom is -0.386 e. The Balaban J connectivity index is 3.48. The molecule has 0 aliphatic heterocycles. The van der Waals surface area contributed by atoms with Gasteiger partial charge < -0.3 is 5.11 Å². The summed E-state index contributed by atoms with van der Waals surface area (Å²) in [7, 11) is -1.73. The Morgan fingerprint density at radius 2 is 1.68 bits per heavy atom. The Morgan fingerprint density at radius 3 is 2.14 bits per heavy atom. The highest BCUT2D eigenvalue weighted by molar-refractivity contribution is 6.94. The molecule has 1 nitrogen and oxygen atoms in total. The minimum absolute atomic E-state index is 0.654. The Kier molecular flexibility index (Phi) is 6.63. The van der Waals surface area contributed by atoms with Gasteiger partial charge in [0.1, 0.15) is 0 Å². The minimum atomic E-state index is -1.73. The van der Waals surface area contributed by atoms with Crippen LogP contribution in [0.3, 0.4) is 0 Å². The zero-order valence-electron chi connectivity index (χ0n) is 15.3. The van der Waals surface area contributed by atoms with E-state index in [1.54, 1.807) is 0 Å². The van der Waals surface area contributed by atoms with Gasteiger partial charge in [0.25, 0.3) is 0 Å². The lowest BCUT2D eigenvalue weighted by Gasteiger charge is -2.43. The van der Waals surface area contributed by atoms with Crippen molar-refractivity contribution in [3.63, 3.8) is 0 Å². The molecule has 1 aromatic carbocycles. The summed E-state index contributed by atoms with van der Waals surface area (Å²) >= 11 is 0. The SMILES string of the molecule is C=CCCC[Si](c1ccccc1C(C)(C)O)(C(C)C)C(C)C. The molecular formula is C20H34OSi. The average Bonchev–Trinajstić information content (AvgIpc) is 2.42. The topological polar surface area (TPSA) is 20.2 Å². The van der Waals surface area contributed by atoms with Gasteiger partial charge in [-0.25, -0.2) is 0 Å². The van der Waals surface area contributed by atoms with Crippen LogP contribution in [0, 0.1) is 0 Å². The van der Waals surface area contributed by atoms with Crippen LogP contribution in [0.2, 0.25) is 17.1 Å². The summed E-state index contributed by atoms with van der Waals surface area (Å²) in [6.07, 6.45) is 4.31. The molecule has 2 heteroatoms. The molecule has 0 amide bonds. The number of rotatable bonds is 8. The van der Waals surface area contributed by atoms with E-state index in [9.17, 15) is 5.11 Å². The van der Waals surface area contributed by atoms with E-state index < -0.39 is 13.7 Å². The van der Waals surface area contributed by atoms with Crippen LogP contribution in [0.15, 0.2) is 36.9 Å². The molecule has 0 aromatic heterocycles. The van der Waals surface area contributed by atoms with Crippen molar-refractivity contribution < 1.29 is 5.11 Å². The normalized spacial score (nSPS) is 13.0. The molecule has 0 aliphatic rings. The largest absolute Gasteiger partial charge is 0.386 e. The van der Waals surface area contributed by atoms with Crippen LogP contribution in [0.25, 0.3) is 0 Å². The first-order chi connectivity index (χ1) is 10.2. The molecule has 1 N–H and O–H groups in total. The van der Waals surface area contributed by atoms with Gasteiger partial charge in [-0.2, -0.15) is 0 Å². The molecule has 0 heterocycles. The monoisotopic (exact) mass is 318 g/mol. The van der Waals surface area contributed by atoms with E-state index in [0.717, 1.165) is 12.0 Å². The summed E-state index contributed by atoms with van der Waals surface area (Å²) in [5.41, 5.74) is 1.65. The van der Waals surface area contributed by atoms with Gasteiger partial charge in [0, 0.05) is 0 Å². The summed E-state index contributed by atoms with van der Waals surface area (Å²) in [4.78, 5) is 0. The maximum atomic E-state index is 10.7. The highest BCUT2D eigenvalue weighted by atomic mass is 28.3. The number of allylic oxidation sites excluding steroid dienone is 1. The highest BCUT2D eigenvalue weighted by Gasteiger charge is 2.43. The highest BCUT2D eigenvalue weighted by Crippen LogP contribution is 2.39. The molecule has 0 radical (unpaired) electrons. The van der Waals surface area contributed by atoms with Crippen molar-refractivity contribution in [3.05, 3.63) is 42.5 Å². The number of hydrogen-bond donors (Lipinski definition) is 1. The predicted molar refractivity (Wildman–Crippen MR) is 102 cm³/mol. The Bertz CT molecular complexity index is 475. The fraction of sp³-hybridized carbons (Fsp3) is 0.600. The number of hydrogen-bond acceptors (Lipinski definition) is 1. The Hall–Kier alpha value is -0.863. The summed E-state index contributed by atoms with van der Waals surface area (Å²) in [6.45, 7) is 17.2. The third kappa shape index (κ3) is 3.91. The zero-order valence-corrected chi connectivity index (χ0v) is 16.3. The first kappa shape index (κ1) is 19.2. The summed E-state index contributed by atoms with van der Waals surface area (Å²) in [5.74, 6) is 0. The third-order valence-electron chi connectivity index (χ3n) is 5.15. The van der Waals surface area contributed by atoms with Crippen molar-refractivity contribution in [3.8, 4) is 0 Å². The van der Waals surface area contributed by atoms with Crippen LogP contribution in [-0.2, 0) is 5.60 Å². The van der Waals surface area contributed by atoms with Crippen molar-refractivity contribution in [1.82, 2.24) is 0 Å². The van der Waals surface area contributed by atoms with Crippen LogP contribution in [-0.4, -0.2) is 13.2 Å². The van der Waals surface area contributed by atoms with Crippen molar-refractivity contribution in [2.45, 2.75) is 77.1 Å². The van der Waals surface area contributed by atoms with Crippen molar-refractivity contribution in [1.29, 1.82) is 0 Å². The van der Waals surface area contributed by atoms with E-state index in [-0.39, 0.29) is 0 Å². The number of benzene rings is 1. The van der Waals surface area contributed by atoms with Crippen LogP contribution < -0.4 is 5.19 Å². The molecule has 0 spiro atoms. The molecule has 0 bridgehead atoms. The van der Waals surface area contributed by atoms with Gasteiger partial charge in [-0.15, -0.1) is 6.58 Å². The van der Waals surface area contributed by atoms with Crippen LogP contribution in [0.1, 0.15) is 59.9 Å². The first-order valence-corrected chi connectivity index (χ1v) is 11.0. The standard InChI is InChI=1S/C20H34OSi/c1-8-9-12-15-22(16(2)3,17(4)5)19-14-11-10-13-18(19)20(6,7)21/h8,10-11,13-14,16-17,21H,1,9,12,15H2,2-7H3. The van der Waals surface area contributed by atoms with Crippen LogP contribution >= 0.6 is 0 Å². The molecule has 0 unspecified atom stereocenters. The van der Waals surface area contributed by atoms with E-state index in [2.05, 4.69) is 58.5 Å². The number of unbranched alkanes of at least 4 members (excludes halogenated alkanes) is 1. The van der Waals surface area contributed by atoms with E-state index in [1.807, 2.05) is 19.9 Å². The molecule has 0 fully saturated rings. The van der Waals surface area contributed by atoms with E-state index >= 15 is 0 Å². The molecular weight excluding hydrogens is 284 g/mol. The van der Waals surface area contributed by atoms with Gasteiger partial charge in [-0.05, 0) is 36.9 Å². The zero-order chi connectivity index (χ0) is 17.0. The smallest absolute Gasteiger partial charge is 0.0922 e. The molecule has 0 aliphatic carbocycles. The molecule has 0 saturated carbocycles. The predicted octanol–water partition coefficient (Wildman–Crippen LogP) is 5.36. The lowest BCUT2D eigenvalue weighted by atomic mass is 9.98. The summed E-state index contributed by atoms with van der Waals surface area (Å²) in [5, 5.41) is 12.1. The fourth-order valence-electron chi connectivity index (χ4n) is 3.96. The Morgan fingerprint density at radius 1 is 1.14 bits per heavy atom. The van der Waals surface area contributed by atoms with Gasteiger partial charge in [-0.3, -0.25) is 0 Å². The van der Waals surface area contributed by atoms with Gasteiger partial charge in [0.15, 0.2) is 0 Å². The molecule has 0 atom stereocenters. The first-order valence-electron chi connectivity index (χ1n) is 8.61. The third-order valence-corrected chi connectivity index (χ3v) is 11.9. The van der Waals surface area contributed by atoms with E-state index in [1.165, 1.54) is 17.7 Å². The van der Waals surface area contributed by atoms with E-state index in [0.29, 0.717) is 11.1 Å². The van der Waals surface area contributed by atoms with Crippen molar-refractivity contribution >= 4 is 13.3 Å². The molecule has 1 aromatic rings. The molecule has 124 valence electrons.